The minimum atomic E-state index is 0.385. The number of halogens is 1. The van der Waals surface area contributed by atoms with E-state index in [1.165, 1.54) is 0 Å². The molecule has 2 rings (SSSR count). The summed E-state index contributed by atoms with van der Waals surface area (Å²) in [5.74, 6) is 0. The molecule has 0 saturated carbocycles. The van der Waals surface area contributed by atoms with Crippen LogP contribution in [0.4, 0.5) is 11.4 Å². The first-order valence-corrected chi connectivity index (χ1v) is 5.94. The van der Waals surface area contributed by atoms with Crippen LogP contribution in [0.2, 0.25) is 0 Å². The Morgan fingerprint density at radius 1 is 1.47 bits per heavy atom. The first kappa shape index (κ1) is 10.8. The fourth-order valence-electron chi connectivity index (χ4n) is 1.73. The molecule has 82 valence electrons. The fourth-order valence-corrected chi connectivity index (χ4v) is 2.09. The van der Waals surface area contributed by atoms with Gasteiger partial charge in [-0.05, 0) is 31.0 Å². The van der Waals surface area contributed by atoms with E-state index in [9.17, 15) is 0 Å². The molecule has 3 N–H and O–H groups in total. The molecule has 15 heavy (non-hydrogen) atoms. The van der Waals surface area contributed by atoms with Crippen LogP contribution in [0, 0.1) is 0 Å². The van der Waals surface area contributed by atoms with E-state index in [0.29, 0.717) is 6.04 Å². The van der Waals surface area contributed by atoms with E-state index in [1.54, 1.807) is 0 Å². The van der Waals surface area contributed by atoms with Gasteiger partial charge >= 0.3 is 0 Å². The molecule has 1 saturated heterocycles. The third-order valence-corrected chi connectivity index (χ3v) is 3.03. The van der Waals surface area contributed by atoms with Gasteiger partial charge in [0, 0.05) is 17.1 Å². The molecule has 1 heterocycles. The van der Waals surface area contributed by atoms with Gasteiger partial charge in [-0.3, -0.25) is 0 Å². The average Bonchev–Trinajstić information content (AvgIpc) is 2.25. The molecule has 0 radical (unpaired) electrons. The monoisotopic (exact) mass is 270 g/mol. The molecule has 1 atom stereocenters. The van der Waals surface area contributed by atoms with Gasteiger partial charge in [0.05, 0.1) is 18.0 Å². The zero-order valence-electron chi connectivity index (χ0n) is 8.50. The van der Waals surface area contributed by atoms with Crippen molar-refractivity contribution in [2.45, 2.75) is 18.9 Å². The van der Waals surface area contributed by atoms with Crippen molar-refractivity contribution in [1.82, 2.24) is 0 Å². The number of benzene rings is 1. The average molecular weight is 271 g/mol. The molecule has 0 aliphatic carbocycles. The van der Waals surface area contributed by atoms with Crippen LogP contribution in [0.15, 0.2) is 22.7 Å². The number of ether oxygens (including phenoxy) is 1. The van der Waals surface area contributed by atoms with Gasteiger partial charge < -0.3 is 15.8 Å². The van der Waals surface area contributed by atoms with Gasteiger partial charge in [0.2, 0.25) is 0 Å². The van der Waals surface area contributed by atoms with E-state index in [2.05, 4.69) is 21.2 Å². The Morgan fingerprint density at radius 2 is 2.33 bits per heavy atom. The molecule has 0 amide bonds. The topological polar surface area (TPSA) is 47.3 Å². The third-order valence-electron chi connectivity index (χ3n) is 2.54. The number of hydrogen-bond donors (Lipinski definition) is 2. The second-order valence-electron chi connectivity index (χ2n) is 3.79. The standard InChI is InChI=1S/C11H15BrN2O/c12-8-3-4-10(13)11(6-8)14-9-2-1-5-15-7-9/h3-4,6,9,14H,1-2,5,7,13H2. The van der Waals surface area contributed by atoms with Crippen molar-refractivity contribution in [2.75, 3.05) is 24.3 Å². The van der Waals surface area contributed by atoms with Gasteiger partial charge in [0.15, 0.2) is 0 Å². The maximum absolute atomic E-state index is 5.88. The number of hydrogen-bond acceptors (Lipinski definition) is 3. The normalized spacial score (nSPS) is 21.3. The molecule has 0 spiro atoms. The number of anilines is 2. The van der Waals surface area contributed by atoms with Crippen molar-refractivity contribution in [1.29, 1.82) is 0 Å². The van der Waals surface area contributed by atoms with Gasteiger partial charge in [0.1, 0.15) is 0 Å². The summed E-state index contributed by atoms with van der Waals surface area (Å²) in [6.07, 6.45) is 2.26. The second-order valence-corrected chi connectivity index (χ2v) is 4.71. The Labute approximate surface area is 98.1 Å². The summed E-state index contributed by atoms with van der Waals surface area (Å²) in [6.45, 7) is 1.65. The second kappa shape index (κ2) is 4.86. The summed E-state index contributed by atoms with van der Waals surface area (Å²) >= 11 is 3.43. The summed E-state index contributed by atoms with van der Waals surface area (Å²) in [7, 11) is 0. The highest BCUT2D eigenvalue weighted by atomic mass is 79.9. The molecule has 1 fully saturated rings. The van der Waals surface area contributed by atoms with E-state index < -0.39 is 0 Å². The molecule has 1 unspecified atom stereocenters. The van der Waals surface area contributed by atoms with Gasteiger partial charge in [-0.2, -0.15) is 0 Å². The molecule has 1 aliphatic heterocycles. The lowest BCUT2D eigenvalue weighted by molar-refractivity contribution is 0.0876. The molecular formula is C11H15BrN2O. The first-order chi connectivity index (χ1) is 7.25. The zero-order chi connectivity index (χ0) is 10.7. The Kier molecular flexibility index (Phi) is 3.49. The Balaban J connectivity index is 2.05. The molecule has 0 bridgehead atoms. The van der Waals surface area contributed by atoms with Crippen LogP contribution < -0.4 is 11.1 Å². The summed E-state index contributed by atoms with van der Waals surface area (Å²) in [5.41, 5.74) is 7.65. The maximum Gasteiger partial charge on any atom is 0.0667 e. The highest BCUT2D eigenvalue weighted by Gasteiger charge is 2.14. The smallest absolute Gasteiger partial charge is 0.0667 e. The lowest BCUT2D eigenvalue weighted by Crippen LogP contribution is -2.30. The number of nitrogens with one attached hydrogen (secondary N) is 1. The van der Waals surface area contributed by atoms with E-state index >= 15 is 0 Å². The van der Waals surface area contributed by atoms with Crippen molar-refractivity contribution in [3.63, 3.8) is 0 Å². The highest BCUT2D eigenvalue weighted by molar-refractivity contribution is 9.10. The number of rotatable bonds is 2. The van der Waals surface area contributed by atoms with E-state index in [0.717, 1.165) is 41.9 Å². The minimum Gasteiger partial charge on any atom is -0.397 e. The third kappa shape index (κ3) is 2.86. The molecule has 1 aromatic carbocycles. The summed E-state index contributed by atoms with van der Waals surface area (Å²) in [4.78, 5) is 0. The summed E-state index contributed by atoms with van der Waals surface area (Å²) < 4.78 is 6.45. The van der Waals surface area contributed by atoms with Crippen LogP contribution in [-0.2, 0) is 4.74 Å². The van der Waals surface area contributed by atoms with Crippen molar-refractivity contribution < 1.29 is 4.74 Å². The van der Waals surface area contributed by atoms with Crippen LogP contribution in [0.25, 0.3) is 0 Å². The van der Waals surface area contributed by atoms with Crippen LogP contribution >= 0.6 is 15.9 Å². The minimum absolute atomic E-state index is 0.385. The maximum atomic E-state index is 5.88. The van der Waals surface area contributed by atoms with E-state index in [-0.39, 0.29) is 0 Å². The van der Waals surface area contributed by atoms with Gasteiger partial charge in [0.25, 0.3) is 0 Å². The van der Waals surface area contributed by atoms with Gasteiger partial charge in [-0.25, -0.2) is 0 Å². The largest absolute Gasteiger partial charge is 0.397 e. The lowest BCUT2D eigenvalue weighted by atomic mass is 10.1. The van der Waals surface area contributed by atoms with Crippen molar-refractivity contribution in [2.24, 2.45) is 0 Å². The number of nitrogen functional groups attached to an aromatic ring is 1. The molecule has 1 aromatic rings. The quantitative estimate of drug-likeness (QED) is 0.813. The van der Waals surface area contributed by atoms with Crippen LogP contribution in [0.5, 0.6) is 0 Å². The first-order valence-electron chi connectivity index (χ1n) is 5.15. The van der Waals surface area contributed by atoms with Gasteiger partial charge in [-0.1, -0.05) is 15.9 Å². The van der Waals surface area contributed by atoms with Crippen LogP contribution in [0.3, 0.4) is 0 Å². The predicted octanol–water partition coefficient (Wildman–Crippen LogP) is 2.62. The fraction of sp³-hybridized carbons (Fsp3) is 0.455. The van der Waals surface area contributed by atoms with Crippen molar-refractivity contribution >= 4 is 27.3 Å². The van der Waals surface area contributed by atoms with Crippen LogP contribution in [-0.4, -0.2) is 19.3 Å². The number of nitrogens with two attached hydrogens (primary N) is 1. The van der Waals surface area contributed by atoms with Crippen LogP contribution in [0.1, 0.15) is 12.8 Å². The highest BCUT2D eigenvalue weighted by Crippen LogP contribution is 2.25. The van der Waals surface area contributed by atoms with Gasteiger partial charge in [-0.15, -0.1) is 0 Å². The molecular weight excluding hydrogens is 256 g/mol. The Hall–Kier alpha value is -0.740. The van der Waals surface area contributed by atoms with E-state index in [1.807, 2.05) is 18.2 Å². The molecule has 4 heteroatoms. The van der Waals surface area contributed by atoms with Crippen molar-refractivity contribution in [3.05, 3.63) is 22.7 Å². The zero-order valence-corrected chi connectivity index (χ0v) is 10.1. The molecule has 0 aromatic heterocycles. The molecule has 3 nitrogen and oxygen atoms in total. The SMILES string of the molecule is Nc1ccc(Br)cc1NC1CCCOC1. The Morgan fingerprint density at radius 3 is 3.07 bits per heavy atom. The van der Waals surface area contributed by atoms with Crippen molar-refractivity contribution in [3.8, 4) is 0 Å². The predicted molar refractivity (Wildman–Crippen MR) is 66.0 cm³/mol. The summed E-state index contributed by atoms with van der Waals surface area (Å²) in [6, 6.07) is 6.23. The Bertz CT molecular complexity index is 337. The van der Waals surface area contributed by atoms with E-state index in [4.69, 9.17) is 10.5 Å². The summed E-state index contributed by atoms with van der Waals surface area (Å²) in [5, 5.41) is 3.41. The molecule has 1 aliphatic rings. The lowest BCUT2D eigenvalue weighted by Gasteiger charge is -2.24.